The minimum atomic E-state index is -4.71. The van der Waals surface area contributed by atoms with E-state index in [2.05, 4.69) is 14.7 Å². The lowest BCUT2D eigenvalue weighted by Gasteiger charge is -2.21. The molecule has 7 nitrogen and oxygen atoms in total. The molecule has 1 amide bonds. The smallest absolute Gasteiger partial charge is 0.338 e. The Bertz CT molecular complexity index is 886. The van der Waals surface area contributed by atoms with Gasteiger partial charge in [0, 0.05) is 11.5 Å². The maximum Gasteiger partial charge on any atom is 0.471 e. The van der Waals surface area contributed by atoms with Crippen LogP contribution in [0.5, 0.6) is 0 Å². The van der Waals surface area contributed by atoms with Crippen molar-refractivity contribution in [1.82, 2.24) is 15.2 Å². The number of amides is 1. The summed E-state index contributed by atoms with van der Waals surface area (Å²) in [5.74, 6) is -2.50. The summed E-state index contributed by atoms with van der Waals surface area (Å²) >= 11 is 0. The third-order valence-electron chi connectivity index (χ3n) is 4.49. The van der Waals surface area contributed by atoms with Crippen molar-refractivity contribution in [3.8, 4) is 11.4 Å². The Morgan fingerprint density at radius 2 is 1.75 bits per heavy atom. The lowest BCUT2D eigenvalue weighted by molar-refractivity contribution is -0.203. The molecule has 0 N–H and O–H groups in total. The van der Waals surface area contributed by atoms with E-state index >= 15 is 0 Å². The highest BCUT2D eigenvalue weighted by Gasteiger charge is 2.39. The highest BCUT2D eigenvalue weighted by Crippen LogP contribution is 2.34. The van der Waals surface area contributed by atoms with Crippen LogP contribution in [-0.2, 0) is 27.1 Å². The van der Waals surface area contributed by atoms with Crippen LogP contribution < -0.4 is 0 Å². The van der Waals surface area contributed by atoms with E-state index in [1.165, 1.54) is 12.1 Å². The first-order chi connectivity index (χ1) is 13.3. The number of rotatable bonds is 5. The molecule has 2 fully saturated rings. The van der Waals surface area contributed by atoms with Crippen LogP contribution in [0.3, 0.4) is 0 Å². The second-order valence-corrected chi connectivity index (χ2v) is 6.95. The zero-order valence-electron chi connectivity index (χ0n) is 14.6. The Balaban J connectivity index is 1.46. The van der Waals surface area contributed by atoms with E-state index in [-0.39, 0.29) is 30.1 Å². The fraction of sp³-hybridized carbons (Fsp3) is 0.444. The van der Waals surface area contributed by atoms with Crippen molar-refractivity contribution in [2.45, 2.75) is 38.4 Å². The molecule has 2 saturated carbocycles. The highest BCUT2D eigenvalue weighted by atomic mass is 19.4. The SMILES string of the molecule is O=C(ON(Cc1ccc(-c2noc(C(F)(F)F)n2)cc1)C(=O)C1CC1)C1CC1. The van der Waals surface area contributed by atoms with Crippen LogP contribution in [0.15, 0.2) is 28.8 Å². The van der Waals surface area contributed by atoms with Crippen LogP contribution in [-0.4, -0.2) is 27.1 Å². The van der Waals surface area contributed by atoms with E-state index in [1.807, 2.05) is 0 Å². The molecule has 4 rings (SSSR count). The molecule has 148 valence electrons. The van der Waals surface area contributed by atoms with Crippen LogP contribution in [0.1, 0.15) is 37.1 Å². The number of hydroxylamine groups is 2. The fourth-order valence-electron chi connectivity index (χ4n) is 2.57. The van der Waals surface area contributed by atoms with Gasteiger partial charge in [-0.15, -0.1) is 0 Å². The van der Waals surface area contributed by atoms with Crippen molar-refractivity contribution in [3.63, 3.8) is 0 Å². The topological polar surface area (TPSA) is 85.5 Å². The van der Waals surface area contributed by atoms with Crippen molar-refractivity contribution < 1.29 is 32.1 Å². The second-order valence-electron chi connectivity index (χ2n) is 6.95. The van der Waals surface area contributed by atoms with Gasteiger partial charge in [-0.25, -0.2) is 4.79 Å². The molecule has 2 aromatic rings. The van der Waals surface area contributed by atoms with Gasteiger partial charge in [-0.2, -0.15) is 23.2 Å². The van der Waals surface area contributed by atoms with E-state index in [1.54, 1.807) is 12.1 Å². The summed E-state index contributed by atoms with van der Waals surface area (Å²) in [6, 6.07) is 6.25. The number of halogens is 3. The molecular formula is C18H16F3N3O4. The second kappa shape index (κ2) is 6.92. The zero-order valence-corrected chi connectivity index (χ0v) is 14.6. The molecule has 2 aliphatic carbocycles. The molecule has 1 heterocycles. The van der Waals surface area contributed by atoms with Crippen LogP contribution in [0.25, 0.3) is 11.4 Å². The van der Waals surface area contributed by atoms with E-state index in [9.17, 15) is 22.8 Å². The molecule has 0 radical (unpaired) electrons. The lowest BCUT2D eigenvalue weighted by atomic mass is 10.1. The summed E-state index contributed by atoms with van der Waals surface area (Å²) in [6.07, 6.45) is -1.63. The predicted molar refractivity (Wildman–Crippen MR) is 86.8 cm³/mol. The van der Waals surface area contributed by atoms with Gasteiger partial charge in [-0.1, -0.05) is 29.4 Å². The summed E-state index contributed by atoms with van der Waals surface area (Å²) < 4.78 is 41.9. The normalized spacial score (nSPS) is 16.7. The van der Waals surface area contributed by atoms with Gasteiger partial charge in [0.15, 0.2) is 0 Å². The van der Waals surface area contributed by atoms with E-state index in [0.717, 1.165) is 30.7 Å². The van der Waals surface area contributed by atoms with Gasteiger partial charge in [0.1, 0.15) is 0 Å². The summed E-state index contributed by atoms with van der Waals surface area (Å²) in [7, 11) is 0. The van der Waals surface area contributed by atoms with Crippen molar-refractivity contribution in [2.24, 2.45) is 11.8 Å². The maximum absolute atomic E-state index is 12.6. The van der Waals surface area contributed by atoms with E-state index in [0.29, 0.717) is 11.1 Å². The average Bonchev–Trinajstić information content (AvgIpc) is 3.57. The number of aromatic nitrogens is 2. The van der Waals surface area contributed by atoms with Crippen LogP contribution >= 0.6 is 0 Å². The first-order valence-corrected chi connectivity index (χ1v) is 8.84. The molecule has 1 aromatic heterocycles. The van der Waals surface area contributed by atoms with Crippen LogP contribution in [0.4, 0.5) is 13.2 Å². The molecule has 28 heavy (non-hydrogen) atoms. The van der Waals surface area contributed by atoms with Crippen molar-refractivity contribution >= 4 is 11.9 Å². The number of alkyl halides is 3. The first kappa shape index (κ1) is 18.5. The molecule has 0 atom stereocenters. The fourth-order valence-corrected chi connectivity index (χ4v) is 2.57. The lowest BCUT2D eigenvalue weighted by Crippen LogP contribution is -2.34. The average molecular weight is 395 g/mol. The van der Waals surface area contributed by atoms with Gasteiger partial charge in [0.25, 0.3) is 5.91 Å². The Morgan fingerprint density at radius 3 is 2.29 bits per heavy atom. The Labute approximate surface area is 157 Å². The minimum Gasteiger partial charge on any atom is -0.338 e. The van der Waals surface area contributed by atoms with Gasteiger partial charge < -0.3 is 9.36 Å². The zero-order chi connectivity index (χ0) is 19.9. The molecule has 0 saturated heterocycles. The monoisotopic (exact) mass is 395 g/mol. The molecule has 0 spiro atoms. The number of nitrogens with zero attached hydrogens (tertiary/aromatic N) is 3. The van der Waals surface area contributed by atoms with Gasteiger partial charge in [-0.05, 0) is 31.2 Å². The Kier molecular flexibility index (Phi) is 4.56. The van der Waals surface area contributed by atoms with Gasteiger partial charge in [0.2, 0.25) is 5.82 Å². The number of benzene rings is 1. The standard InChI is InChI=1S/C18H16F3N3O4/c19-18(20,21)17-22-14(23-27-17)11-3-1-10(2-4-11)9-24(15(25)12-5-6-12)28-16(26)13-7-8-13/h1-4,12-13H,5-9H2. The number of carbonyl (C=O) groups excluding carboxylic acids is 2. The predicted octanol–water partition coefficient (Wildman–Crippen LogP) is 3.36. The first-order valence-electron chi connectivity index (χ1n) is 8.84. The van der Waals surface area contributed by atoms with E-state index < -0.39 is 18.0 Å². The molecule has 1 aromatic carbocycles. The van der Waals surface area contributed by atoms with Crippen LogP contribution in [0.2, 0.25) is 0 Å². The quantitative estimate of drug-likeness (QED) is 0.722. The summed E-state index contributed by atoms with van der Waals surface area (Å²) in [6.45, 7) is 0.0636. The van der Waals surface area contributed by atoms with E-state index in [4.69, 9.17) is 4.84 Å². The highest BCUT2D eigenvalue weighted by molar-refractivity contribution is 5.83. The van der Waals surface area contributed by atoms with Gasteiger partial charge in [0.05, 0.1) is 12.5 Å². The third kappa shape index (κ3) is 4.15. The maximum atomic E-state index is 12.6. The molecule has 0 bridgehead atoms. The Hall–Kier alpha value is -2.91. The molecule has 2 aliphatic rings. The van der Waals surface area contributed by atoms with Crippen molar-refractivity contribution in [1.29, 1.82) is 0 Å². The number of carbonyl (C=O) groups is 2. The van der Waals surface area contributed by atoms with Gasteiger partial charge >= 0.3 is 18.0 Å². The van der Waals surface area contributed by atoms with Crippen molar-refractivity contribution in [3.05, 3.63) is 35.7 Å². The largest absolute Gasteiger partial charge is 0.471 e. The number of hydrogen-bond donors (Lipinski definition) is 0. The summed E-state index contributed by atoms with van der Waals surface area (Å²) in [5, 5.41) is 4.42. The van der Waals surface area contributed by atoms with Crippen LogP contribution in [0, 0.1) is 11.8 Å². The summed E-state index contributed by atoms with van der Waals surface area (Å²) in [4.78, 5) is 32.9. The van der Waals surface area contributed by atoms with Crippen molar-refractivity contribution in [2.75, 3.05) is 0 Å². The minimum absolute atomic E-state index is 0.0636. The molecular weight excluding hydrogens is 379 g/mol. The molecule has 10 heteroatoms. The molecule has 0 unspecified atom stereocenters. The third-order valence-corrected chi connectivity index (χ3v) is 4.49. The number of hydrogen-bond acceptors (Lipinski definition) is 6. The molecule has 0 aliphatic heterocycles. The van der Waals surface area contributed by atoms with Gasteiger partial charge in [-0.3, -0.25) is 4.79 Å². The Morgan fingerprint density at radius 1 is 1.11 bits per heavy atom. The summed E-state index contributed by atoms with van der Waals surface area (Å²) in [5.41, 5.74) is 0.985.